The van der Waals surface area contributed by atoms with Gasteiger partial charge in [0.25, 0.3) is 5.92 Å². The molecule has 0 bridgehead atoms. The van der Waals surface area contributed by atoms with E-state index in [1.165, 1.54) is 6.07 Å². The number of halogens is 3. The molecule has 0 aromatic heterocycles. The highest BCUT2D eigenvalue weighted by Gasteiger charge is 2.53. The van der Waals surface area contributed by atoms with Gasteiger partial charge in [0.2, 0.25) is 0 Å². The number of fused-ring (bicyclic) bond motifs is 1. The van der Waals surface area contributed by atoms with Crippen LogP contribution in [0.2, 0.25) is 0 Å². The molecule has 0 radical (unpaired) electrons. The fourth-order valence-corrected chi connectivity index (χ4v) is 3.81. The van der Waals surface area contributed by atoms with Gasteiger partial charge in [-0.1, -0.05) is 31.9 Å². The lowest BCUT2D eigenvalue weighted by atomic mass is 9.74. The van der Waals surface area contributed by atoms with Crippen molar-refractivity contribution in [3.05, 3.63) is 35.1 Å². The van der Waals surface area contributed by atoms with Crippen molar-refractivity contribution in [2.75, 3.05) is 0 Å². The van der Waals surface area contributed by atoms with Gasteiger partial charge in [-0.2, -0.15) is 0 Å². The molecule has 1 unspecified atom stereocenters. The third-order valence-electron chi connectivity index (χ3n) is 4.97. The van der Waals surface area contributed by atoms with Crippen LogP contribution in [0.15, 0.2) is 18.2 Å². The van der Waals surface area contributed by atoms with E-state index in [4.69, 9.17) is 0 Å². The molecule has 1 fully saturated rings. The van der Waals surface area contributed by atoms with Gasteiger partial charge >= 0.3 is 0 Å². The summed E-state index contributed by atoms with van der Waals surface area (Å²) in [5.41, 5.74) is 0.173. The van der Waals surface area contributed by atoms with E-state index >= 15 is 0 Å². The fraction of sp³-hybridized carbons (Fsp3) is 0.625. The molecular formula is C16H19F3. The van der Waals surface area contributed by atoms with Gasteiger partial charge in [-0.05, 0) is 42.7 Å². The van der Waals surface area contributed by atoms with E-state index in [1.54, 1.807) is 6.07 Å². The molecule has 2 aliphatic rings. The molecule has 1 atom stereocenters. The minimum atomic E-state index is -2.99. The highest BCUT2D eigenvalue weighted by molar-refractivity contribution is 5.38. The van der Waals surface area contributed by atoms with E-state index in [0.717, 1.165) is 31.7 Å². The first-order chi connectivity index (χ1) is 9.00. The highest BCUT2D eigenvalue weighted by atomic mass is 19.3. The van der Waals surface area contributed by atoms with Gasteiger partial charge in [0, 0.05) is 5.92 Å². The Bertz CT molecular complexity index is 473. The Hall–Kier alpha value is -0.990. The first kappa shape index (κ1) is 13.0. The summed E-state index contributed by atoms with van der Waals surface area (Å²) >= 11 is 0. The molecule has 1 aromatic rings. The predicted molar refractivity (Wildman–Crippen MR) is 68.6 cm³/mol. The molecule has 0 saturated heterocycles. The van der Waals surface area contributed by atoms with Crippen LogP contribution in [0.4, 0.5) is 13.2 Å². The number of hydrogen-bond donors (Lipinski definition) is 0. The van der Waals surface area contributed by atoms with Gasteiger partial charge < -0.3 is 0 Å². The second-order valence-corrected chi connectivity index (χ2v) is 6.23. The zero-order valence-corrected chi connectivity index (χ0v) is 11.1. The molecular weight excluding hydrogens is 249 g/mol. The van der Waals surface area contributed by atoms with Gasteiger partial charge in [0.15, 0.2) is 0 Å². The van der Waals surface area contributed by atoms with Gasteiger partial charge in [0.05, 0.1) is 5.56 Å². The average molecular weight is 268 g/mol. The molecule has 104 valence electrons. The van der Waals surface area contributed by atoms with E-state index in [1.807, 2.05) is 0 Å². The first-order valence-electron chi connectivity index (χ1n) is 7.16. The number of benzene rings is 1. The van der Waals surface area contributed by atoms with E-state index in [0.29, 0.717) is 17.9 Å². The Morgan fingerprint density at radius 2 is 1.79 bits per heavy atom. The fourth-order valence-electron chi connectivity index (χ4n) is 3.81. The Kier molecular flexibility index (Phi) is 3.11. The van der Waals surface area contributed by atoms with Crippen LogP contribution < -0.4 is 0 Å². The summed E-state index contributed by atoms with van der Waals surface area (Å²) in [6.07, 6.45) is 4.10. The minimum absolute atomic E-state index is 0.0398. The third kappa shape index (κ3) is 2.07. The van der Waals surface area contributed by atoms with Crippen molar-refractivity contribution in [1.29, 1.82) is 0 Å². The summed E-state index contributed by atoms with van der Waals surface area (Å²) in [5.74, 6) is -3.75. The summed E-state index contributed by atoms with van der Waals surface area (Å²) in [5, 5.41) is 0. The minimum Gasteiger partial charge on any atom is -0.206 e. The third-order valence-corrected chi connectivity index (χ3v) is 4.97. The predicted octanol–water partition coefficient (Wildman–Crippen LogP) is 4.92. The van der Waals surface area contributed by atoms with Crippen molar-refractivity contribution in [3.63, 3.8) is 0 Å². The summed E-state index contributed by atoms with van der Waals surface area (Å²) in [7, 11) is 0. The van der Waals surface area contributed by atoms with Crippen molar-refractivity contribution in [1.82, 2.24) is 0 Å². The van der Waals surface area contributed by atoms with Crippen LogP contribution in [0.5, 0.6) is 0 Å². The second kappa shape index (κ2) is 4.53. The van der Waals surface area contributed by atoms with Crippen molar-refractivity contribution < 1.29 is 13.2 Å². The molecule has 0 amide bonds. The zero-order chi connectivity index (χ0) is 13.6. The maximum atomic E-state index is 14.5. The zero-order valence-electron chi connectivity index (χ0n) is 11.1. The average Bonchev–Trinajstić information content (AvgIpc) is 2.63. The van der Waals surface area contributed by atoms with Crippen LogP contribution in [-0.4, -0.2) is 0 Å². The molecule has 1 saturated carbocycles. The maximum Gasteiger partial charge on any atom is 0.279 e. The van der Waals surface area contributed by atoms with Crippen molar-refractivity contribution in [3.8, 4) is 0 Å². The molecule has 3 rings (SSSR count). The SMILES string of the molecule is CC1CCC(C2Cc3cccc(F)c3C2(F)F)CC1. The summed E-state index contributed by atoms with van der Waals surface area (Å²) < 4.78 is 42.7. The molecule has 1 aromatic carbocycles. The van der Waals surface area contributed by atoms with Gasteiger partial charge in [-0.3, -0.25) is 0 Å². The van der Waals surface area contributed by atoms with Crippen LogP contribution in [-0.2, 0) is 12.3 Å². The monoisotopic (exact) mass is 268 g/mol. The molecule has 2 aliphatic carbocycles. The molecule has 0 N–H and O–H groups in total. The Labute approximate surface area is 112 Å². The number of rotatable bonds is 1. The molecule has 0 nitrogen and oxygen atoms in total. The van der Waals surface area contributed by atoms with E-state index in [9.17, 15) is 13.2 Å². The highest BCUT2D eigenvalue weighted by Crippen LogP contribution is 2.53. The topological polar surface area (TPSA) is 0 Å². The van der Waals surface area contributed by atoms with Gasteiger partial charge in [-0.15, -0.1) is 0 Å². The van der Waals surface area contributed by atoms with Crippen LogP contribution >= 0.6 is 0 Å². The van der Waals surface area contributed by atoms with Crippen molar-refractivity contribution in [2.24, 2.45) is 17.8 Å². The summed E-state index contributed by atoms with van der Waals surface area (Å²) in [4.78, 5) is 0. The largest absolute Gasteiger partial charge is 0.279 e. The number of alkyl halides is 2. The molecule has 19 heavy (non-hydrogen) atoms. The van der Waals surface area contributed by atoms with Crippen LogP contribution in [0.1, 0.15) is 43.7 Å². The summed E-state index contributed by atoms with van der Waals surface area (Å²) in [6.45, 7) is 2.18. The summed E-state index contributed by atoms with van der Waals surface area (Å²) in [6, 6.07) is 4.34. The Balaban J connectivity index is 1.89. The standard InChI is InChI=1S/C16H19F3/c1-10-5-7-11(8-6-10)13-9-12-3-2-4-14(17)15(12)16(13,18)19/h2-4,10-11,13H,5-9H2,1H3. The van der Waals surface area contributed by atoms with Crippen molar-refractivity contribution >= 4 is 0 Å². The molecule has 3 heteroatoms. The maximum absolute atomic E-state index is 14.5. The quantitative estimate of drug-likeness (QED) is 0.678. The van der Waals surface area contributed by atoms with E-state index in [-0.39, 0.29) is 11.5 Å². The van der Waals surface area contributed by atoms with E-state index in [2.05, 4.69) is 6.92 Å². The lowest BCUT2D eigenvalue weighted by Gasteiger charge is -2.33. The van der Waals surface area contributed by atoms with Crippen LogP contribution in [0, 0.1) is 23.6 Å². The smallest absolute Gasteiger partial charge is 0.206 e. The Morgan fingerprint density at radius 1 is 1.11 bits per heavy atom. The van der Waals surface area contributed by atoms with Crippen LogP contribution in [0.3, 0.4) is 0 Å². The molecule has 0 heterocycles. The van der Waals surface area contributed by atoms with Crippen LogP contribution in [0.25, 0.3) is 0 Å². The lowest BCUT2D eigenvalue weighted by molar-refractivity contribution is -0.0835. The van der Waals surface area contributed by atoms with Gasteiger partial charge in [0.1, 0.15) is 5.82 Å². The first-order valence-corrected chi connectivity index (χ1v) is 7.16. The van der Waals surface area contributed by atoms with E-state index < -0.39 is 17.7 Å². The Morgan fingerprint density at radius 3 is 2.42 bits per heavy atom. The normalized spacial score (nSPS) is 33.2. The second-order valence-electron chi connectivity index (χ2n) is 6.23. The van der Waals surface area contributed by atoms with Crippen molar-refractivity contribution in [2.45, 2.75) is 45.0 Å². The molecule has 0 spiro atoms. The lowest BCUT2D eigenvalue weighted by Crippen LogP contribution is -2.31. The van der Waals surface area contributed by atoms with Gasteiger partial charge in [-0.25, -0.2) is 13.2 Å². The molecule has 0 aliphatic heterocycles. The number of hydrogen-bond acceptors (Lipinski definition) is 0.